The molecular weight excluding hydrogens is 278 g/mol. The molecule has 1 amide bonds. The van der Waals surface area contributed by atoms with Crippen molar-refractivity contribution in [3.05, 3.63) is 52.2 Å². The van der Waals surface area contributed by atoms with Crippen molar-refractivity contribution in [1.29, 1.82) is 0 Å². The maximum absolute atomic E-state index is 11.9. The molecule has 0 spiro atoms. The summed E-state index contributed by atoms with van der Waals surface area (Å²) in [6, 6.07) is 7.65. The molecule has 6 nitrogen and oxygen atoms in total. The summed E-state index contributed by atoms with van der Waals surface area (Å²) < 4.78 is 0. The molecule has 1 aromatic heterocycles. The third kappa shape index (κ3) is 3.00. The second kappa shape index (κ2) is 6.25. The summed E-state index contributed by atoms with van der Waals surface area (Å²) in [7, 11) is 0. The molecule has 0 aliphatic rings. The highest BCUT2D eigenvalue weighted by molar-refractivity contribution is 7.98. The zero-order chi connectivity index (χ0) is 14.5. The Hall–Kier alpha value is -2.28. The number of aromatic hydroxyl groups is 1. The lowest BCUT2D eigenvalue weighted by Crippen LogP contribution is -2.26. The fourth-order valence-electron chi connectivity index (χ4n) is 1.67. The number of benzene rings is 1. The number of hydrogen-bond acceptors (Lipinski definition) is 5. The molecule has 7 heteroatoms. The first-order valence-electron chi connectivity index (χ1n) is 5.80. The van der Waals surface area contributed by atoms with E-state index < -0.39 is 17.2 Å². The van der Waals surface area contributed by atoms with Gasteiger partial charge >= 0.3 is 0 Å². The van der Waals surface area contributed by atoms with Crippen molar-refractivity contribution < 1.29 is 9.90 Å². The quantitative estimate of drug-likeness (QED) is 0.734. The SMILES string of the molecule is CSc1ccccc1CNC(=O)c1nc[nH]c(=O)c1O. The van der Waals surface area contributed by atoms with Gasteiger partial charge in [-0.3, -0.25) is 9.59 Å². The minimum atomic E-state index is -0.741. The van der Waals surface area contributed by atoms with Crippen LogP contribution in [0.5, 0.6) is 5.75 Å². The lowest BCUT2D eigenvalue weighted by Gasteiger charge is -2.08. The van der Waals surface area contributed by atoms with Gasteiger partial charge in [-0.2, -0.15) is 0 Å². The molecular formula is C13H13N3O3S. The van der Waals surface area contributed by atoms with Crippen molar-refractivity contribution in [3.8, 4) is 5.75 Å². The van der Waals surface area contributed by atoms with Gasteiger partial charge in [0.1, 0.15) is 0 Å². The van der Waals surface area contributed by atoms with Crippen LogP contribution in [0.25, 0.3) is 0 Å². The standard InChI is InChI=1S/C13H13N3O3S/c1-20-9-5-3-2-4-8(9)6-14-12(18)10-11(17)13(19)16-7-15-10/h2-5,7,17H,6H2,1H3,(H,14,18)(H,15,16,19). The van der Waals surface area contributed by atoms with E-state index >= 15 is 0 Å². The van der Waals surface area contributed by atoms with Crippen LogP contribution in [0.3, 0.4) is 0 Å². The van der Waals surface area contributed by atoms with Crippen LogP contribution in [0, 0.1) is 0 Å². The maximum atomic E-state index is 11.9. The van der Waals surface area contributed by atoms with Gasteiger partial charge in [0.05, 0.1) is 6.33 Å². The van der Waals surface area contributed by atoms with Gasteiger partial charge in [0.2, 0.25) is 5.75 Å². The molecule has 0 fully saturated rings. The van der Waals surface area contributed by atoms with Crippen LogP contribution >= 0.6 is 11.8 Å². The molecule has 104 valence electrons. The molecule has 1 heterocycles. The molecule has 2 aromatic rings. The molecule has 0 radical (unpaired) electrons. The summed E-state index contributed by atoms with van der Waals surface area (Å²) in [4.78, 5) is 30.0. The van der Waals surface area contributed by atoms with Crippen molar-refractivity contribution >= 4 is 17.7 Å². The van der Waals surface area contributed by atoms with Gasteiger partial charge in [-0.25, -0.2) is 4.98 Å². The third-order valence-electron chi connectivity index (χ3n) is 2.68. The normalized spacial score (nSPS) is 10.2. The van der Waals surface area contributed by atoms with E-state index in [-0.39, 0.29) is 5.69 Å². The molecule has 0 saturated heterocycles. The number of thioether (sulfide) groups is 1. The third-order valence-corrected chi connectivity index (χ3v) is 3.51. The van der Waals surface area contributed by atoms with E-state index in [1.54, 1.807) is 11.8 Å². The number of aromatic amines is 1. The Morgan fingerprint density at radius 1 is 1.45 bits per heavy atom. The smallest absolute Gasteiger partial charge is 0.293 e. The zero-order valence-electron chi connectivity index (χ0n) is 10.7. The number of carbonyl (C=O) groups is 1. The van der Waals surface area contributed by atoms with Crippen LogP contribution in [0.1, 0.15) is 16.1 Å². The summed E-state index contributed by atoms with van der Waals surface area (Å²) in [5, 5.41) is 12.1. The first-order chi connectivity index (χ1) is 9.63. The van der Waals surface area contributed by atoms with E-state index in [9.17, 15) is 14.7 Å². The fourth-order valence-corrected chi connectivity index (χ4v) is 2.28. The Morgan fingerprint density at radius 3 is 2.95 bits per heavy atom. The van der Waals surface area contributed by atoms with Gasteiger partial charge in [0, 0.05) is 11.4 Å². The number of nitrogens with one attached hydrogen (secondary N) is 2. The molecule has 20 heavy (non-hydrogen) atoms. The van der Waals surface area contributed by atoms with Crippen LogP contribution in [-0.2, 0) is 6.54 Å². The highest BCUT2D eigenvalue weighted by Crippen LogP contribution is 2.19. The van der Waals surface area contributed by atoms with E-state index in [2.05, 4.69) is 15.3 Å². The van der Waals surface area contributed by atoms with Gasteiger partial charge < -0.3 is 15.4 Å². The second-order valence-electron chi connectivity index (χ2n) is 3.92. The molecule has 3 N–H and O–H groups in total. The number of amides is 1. The van der Waals surface area contributed by atoms with Gasteiger partial charge in [0.25, 0.3) is 11.5 Å². The highest BCUT2D eigenvalue weighted by Gasteiger charge is 2.15. The van der Waals surface area contributed by atoms with Gasteiger partial charge in [0.15, 0.2) is 5.69 Å². The van der Waals surface area contributed by atoms with E-state index in [0.717, 1.165) is 16.8 Å². The summed E-state index contributed by atoms with van der Waals surface area (Å²) in [5.41, 5.74) is -0.0669. The highest BCUT2D eigenvalue weighted by atomic mass is 32.2. The Balaban J connectivity index is 2.13. The Kier molecular flexibility index (Phi) is 4.41. The van der Waals surface area contributed by atoms with Gasteiger partial charge in [-0.05, 0) is 17.9 Å². The minimum absolute atomic E-state index is 0.282. The summed E-state index contributed by atoms with van der Waals surface area (Å²) in [6.07, 6.45) is 3.03. The van der Waals surface area contributed by atoms with E-state index in [4.69, 9.17) is 0 Å². The van der Waals surface area contributed by atoms with Crippen LogP contribution in [0.2, 0.25) is 0 Å². The average molecular weight is 291 g/mol. The summed E-state index contributed by atoms with van der Waals surface area (Å²) >= 11 is 1.58. The number of nitrogens with zero attached hydrogens (tertiary/aromatic N) is 1. The van der Waals surface area contributed by atoms with Crippen LogP contribution in [-0.4, -0.2) is 27.2 Å². The maximum Gasteiger partial charge on any atom is 0.293 e. The lowest BCUT2D eigenvalue weighted by molar-refractivity contribution is 0.0942. The Labute approximate surface area is 119 Å². The number of hydrogen-bond donors (Lipinski definition) is 3. The first-order valence-corrected chi connectivity index (χ1v) is 7.02. The second-order valence-corrected chi connectivity index (χ2v) is 4.77. The fraction of sp³-hybridized carbons (Fsp3) is 0.154. The van der Waals surface area contributed by atoms with Crippen LogP contribution in [0.4, 0.5) is 0 Å². The van der Waals surface area contributed by atoms with Crippen molar-refractivity contribution in [2.75, 3.05) is 6.26 Å². The number of rotatable bonds is 4. The van der Waals surface area contributed by atoms with Crippen molar-refractivity contribution in [2.45, 2.75) is 11.4 Å². The van der Waals surface area contributed by atoms with Crippen molar-refractivity contribution in [2.24, 2.45) is 0 Å². The Bertz CT molecular complexity index is 685. The van der Waals surface area contributed by atoms with Crippen LogP contribution < -0.4 is 10.9 Å². The topological polar surface area (TPSA) is 95.1 Å². The predicted molar refractivity (Wildman–Crippen MR) is 75.9 cm³/mol. The van der Waals surface area contributed by atoms with E-state index in [1.165, 1.54) is 0 Å². The van der Waals surface area contributed by atoms with Crippen molar-refractivity contribution in [1.82, 2.24) is 15.3 Å². The molecule has 1 aromatic carbocycles. The van der Waals surface area contributed by atoms with Gasteiger partial charge in [-0.15, -0.1) is 11.8 Å². The molecule has 0 unspecified atom stereocenters. The predicted octanol–water partition coefficient (Wildman–Crippen LogP) is 1.13. The average Bonchev–Trinajstić information content (AvgIpc) is 2.48. The number of aromatic nitrogens is 2. The van der Waals surface area contributed by atoms with E-state index in [0.29, 0.717) is 6.54 Å². The molecule has 0 saturated carbocycles. The summed E-state index contributed by atoms with van der Waals surface area (Å²) in [6.45, 7) is 0.295. The van der Waals surface area contributed by atoms with Gasteiger partial charge in [-0.1, -0.05) is 18.2 Å². The monoisotopic (exact) mass is 291 g/mol. The largest absolute Gasteiger partial charge is 0.501 e. The lowest BCUT2D eigenvalue weighted by atomic mass is 10.2. The summed E-state index contributed by atoms with van der Waals surface area (Å²) in [5.74, 6) is -1.27. The minimum Gasteiger partial charge on any atom is -0.501 e. The van der Waals surface area contributed by atoms with Crippen LogP contribution in [0.15, 0.2) is 40.3 Å². The molecule has 0 bridgehead atoms. The Morgan fingerprint density at radius 2 is 2.20 bits per heavy atom. The molecule has 0 aliphatic carbocycles. The zero-order valence-corrected chi connectivity index (χ0v) is 11.5. The number of H-pyrrole nitrogens is 1. The molecule has 0 aliphatic heterocycles. The molecule has 0 atom stereocenters. The first kappa shape index (κ1) is 14.1. The van der Waals surface area contributed by atoms with E-state index in [1.807, 2.05) is 30.5 Å². The van der Waals surface area contributed by atoms with Crippen molar-refractivity contribution in [3.63, 3.8) is 0 Å². The molecule has 2 rings (SSSR count). The number of carbonyl (C=O) groups excluding carboxylic acids is 1.